The van der Waals surface area contributed by atoms with Crippen molar-refractivity contribution in [2.45, 2.75) is 25.0 Å². The Balaban J connectivity index is 1.95. The largest absolute Gasteiger partial charge is 0.393 e. The summed E-state index contributed by atoms with van der Waals surface area (Å²) in [5.41, 5.74) is 16.1. The predicted octanol–water partition coefficient (Wildman–Crippen LogP) is 0.942. The Morgan fingerprint density at radius 3 is 2.56 bits per heavy atom. The third-order valence-electron chi connectivity index (χ3n) is 5.07. The van der Waals surface area contributed by atoms with Crippen molar-refractivity contribution in [1.82, 2.24) is 4.98 Å². The first kappa shape index (κ1) is 24.6. The lowest BCUT2D eigenvalue weighted by molar-refractivity contribution is -0.119. The number of hydrogen-bond donors (Lipinski definition) is 5. The molecule has 1 unspecified atom stereocenters. The van der Waals surface area contributed by atoms with Crippen LogP contribution in [0.2, 0.25) is 0 Å². The fourth-order valence-electron chi connectivity index (χ4n) is 3.65. The van der Waals surface area contributed by atoms with Gasteiger partial charge in [-0.15, -0.1) is 0 Å². The molecule has 0 aliphatic carbocycles. The minimum absolute atomic E-state index is 0.00700. The number of aromatic nitrogens is 1. The number of aromatic amines is 1. The summed E-state index contributed by atoms with van der Waals surface area (Å²) in [7, 11) is -4.04. The number of benzene rings is 2. The number of primary amides is 1. The van der Waals surface area contributed by atoms with Crippen LogP contribution in [0.1, 0.15) is 29.2 Å². The summed E-state index contributed by atoms with van der Waals surface area (Å²) in [5, 5.41) is 5.04. The lowest BCUT2D eigenvalue weighted by atomic mass is 9.94. The van der Waals surface area contributed by atoms with Crippen molar-refractivity contribution in [1.29, 1.82) is 0 Å². The van der Waals surface area contributed by atoms with Crippen LogP contribution in [0.15, 0.2) is 58.5 Å². The number of anilines is 1. The summed E-state index contributed by atoms with van der Waals surface area (Å²) in [6, 6.07) is 14.2. The second-order valence-corrected chi connectivity index (χ2v) is 9.43. The number of amides is 1. The number of carbonyl (C=O) groups is 1. The zero-order valence-electron chi connectivity index (χ0n) is 18.4. The molecule has 2 aromatic carbocycles. The second kappa shape index (κ2) is 10.3. The van der Waals surface area contributed by atoms with E-state index in [1.54, 1.807) is 19.1 Å². The number of pyridine rings is 1. The number of oxime groups is 1. The van der Waals surface area contributed by atoms with Gasteiger partial charge in [-0.2, -0.15) is 0 Å². The molecule has 8 N–H and O–H groups in total. The van der Waals surface area contributed by atoms with Gasteiger partial charge in [0.05, 0.1) is 11.7 Å². The van der Waals surface area contributed by atoms with Gasteiger partial charge < -0.3 is 27.0 Å². The van der Waals surface area contributed by atoms with Gasteiger partial charge in [-0.25, -0.2) is 8.42 Å². The molecule has 0 saturated carbocycles. The van der Waals surface area contributed by atoms with E-state index in [1.165, 1.54) is 6.07 Å². The van der Waals surface area contributed by atoms with Crippen LogP contribution in [0.4, 0.5) is 5.69 Å². The average Bonchev–Trinajstić information content (AvgIpc) is 2.75. The quantitative estimate of drug-likeness (QED) is 0.122. The van der Waals surface area contributed by atoms with Crippen molar-refractivity contribution in [3.05, 3.63) is 75.7 Å². The van der Waals surface area contributed by atoms with Gasteiger partial charge in [0, 0.05) is 5.69 Å². The van der Waals surface area contributed by atoms with Crippen LogP contribution in [0, 0.1) is 6.92 Å². The van der Waals surface area contributed by atoms with Crippen molar-refractivity contribution < 1.29 is 18.0 Å². The van der Waals surface area contributed by atoms with Crippen LogP contribution < -0.4 is 27.5 Å². The lowest BCUT2D eigenvalue weighted by Gasteiger charge is -2.19. The molecule has 180 valence electrons. The van der Waals surface area contributed by atoms with Crippen molar-refractivity contribution >= 4 is 38.3 Å². The maximum Gasteiger partial charge on any atom is 0.272 e. The summed E-state index contributed by atoms with van der Waals surface area (Å²) >= 11 is 0. The van der Waals surface area contributed by atoms with E-state index >= 15 is 0 Å². The van der Waals surface area contributed by atoms with Crippen LogP contribution in [0.5, 0.6) is 0 Å². The third kappa shape index (κ3) is 6.04. The zero-order chi connectivity index (χ0) is 24.9. The summed E-state index contributed by atoms with van der Waals surface area (Å²) < 4.78 is 28.5. The molecule has 0 aliphatic rings. The van der Waals surface area contributed by atoms with E-state index in [-0.39, 0.29) is 36.0 Å². The second-order valence-electron chi connectivity index (χ2n) is 7.70. The highest BCUT2D eigenvalue weighted by Gasteiger charge is 2.26. The Morgan fingerprint density at radius 1 is 1.15 bits per heavy atom. The number of nitrogens with zero attached hydrogens (tertiary/aromatic N) is 1. The van der Waals surface area contributed by atoms with Gasteiger partial charge >= 0.3 is 0 Å². The number of rotatable bonds is 10. The lowest BCUT2D eigenvalue weighted by Crippen LogP contribution is -2.29. The van der Waals surface area contributed by atoms with Crippen LogP contribution in [-0.4, -0.2) is 31.9 Å². The van der Waals surface area contributed by atoms with Gasteiger partial charge in [-0.3, -0.25) is 14.3 Å². The summed E-state index contributed by atoms with van der Waals surface area (Å²) in [5.74, 6) is -2.49. The van der Waals surface area contributed by atoms with Crippen LogP contribution in [0.25, 0.3) is 10.8 Å². The summed E-state index contributed by atoms with van der Waals surface area (Å²) in [6.07, 6.45) is 0.00700. The highest BCUT2D eigenvalue weighted by molar-refractivity contribution is 7.91. The van der Waals surface area contributed by atoms with Crippen molar-refractivity contribution in [3.8, 4) is 0 Å². The molecular formula is C22H26N6O5S. The van der Waals surface area contributed by atoms with Crippen LogP contribution in [-0.2, 0) is 25.4 Å². The van der Waals surface area contributed by atoms with Crippen molar-refractivity contribution in [2.75, 3.05) is 11.3 Å². The molecule has 34 heavy (non-hydrogen) atoms. The number of sulfonamides is 1. The number of aryl methyl sites for hydroxylation is 1. The van der Waals surface area contributed by atoms with Gasteiger partial charge in [0.25, 0.3) is 5.56 Å². The Hall–Kier alpha value is -4.06. The molecule has 3 rings (SSSR count). The molecule has 0 spiro atoms. The number of nitrogens with two attached hydrogens (primary N) is 3. The van der Waals surface area contributed by atoms with Gasteiger partial charge in [0.15, 0.2) is 0 Å². The van der Waals surface area contributed by atoms with Crippen LogP contribution >= 0.6 is 0 Å². The summed E-state index contributed by atoms with van der Waals surface area (Å²) in [4.78, 5) is 32.4. The van der Waals surface area contributed by atoms with Gasteiger partial charge in [-0.05, 0) is 46.5 Å². The Bertz CT molecular complexity index is 1390. The van der Waals surface area contributed by atoms with Crippen molar-refractivity contribution in [3.63, 3.8) is 0 Å². The molecule has 0 bridgehead atoms. The van der Waals surface area contributed by atoms with E-state index in [1.807, 2.05) is 30.3 Å². The first-order chi connectivity index (χ1) is 16.1. The van der Waals surface area contributed by atoms with E-state index < -0.39 is 27.4 Å². The molecule has 0 aliphatic heterocycles. The van der Waals surface area contributed by atoms with Crippen molar-refractivity contribution in [2.24, 2.45) is 22.4 Å². The molecule has 0 radical (unpaired) electrons. The summed E-state index contributed by atoms with van der Waals surface area (Å²) in [6.45, 7) is 1.51. The fourth-order valence-corrected chi connectivity index (χ4v) is 4.91. The number of nitrogens with one attached hydrogen (secondary N) is 2. The molecule has 1 atom stereocenters. The maximum atomic E-state index is 13.1. The minimum atomic E-state index is -4.04. The van der Waals surface area contributed by atoms with Gasteiger partial charge in [0.1, 0.15) is 12.3 Å². The predicted molar refractivity (Wildman–Crippen MR) is 130 cm³/mol. The average molecular weight is 487 g/mol. The molecule has 12 heteroatoms. The Kier molecular flexibility index (Phi) is 7.41. The molecule has 0 saturated heterocycles. The fraction of sp³-hybridized carbons (Fsp3) is 0.227. The SMILES string of the molecule is Cc1cc(C(CCON=C(N)N)C(N)=O)c(NS(=O)(=O)Cc2cccc3ccccc23)c(=O)[nH]1. The van der Waals surface area contributed by atoms with E-state index in [4.69, 9.17) is 22.0 Å². The smallest absolute Gasteiger partial charge is 0.272 e. The molecule has 3 aromatic rings. The number of fused-ring (bicyclic) bond motifs is 1. The van der Waals surface area contributed by atoms with Gasteiger partial charge in [-0.1, -0.05) is 42.5 Å². The number of H-pyrrole nitrogens is 1. The number of carbonyl (C=O) groups excluding carboxylic acids is 1. The Labute approximate surface area is 196 Å². The normalized spacial score (nSPS) is 12.1. The highest BCUT2D eigenvalue weighted by Crippen LogP contribution is 2.27. The van der Waals surface area contributed by atoms with E-state index in [9.17, 15) is 18.0 Å². The number of hydrogen-bond acceptors (Lipinski definition) is 6. The zero-order valence-corrected chi connectivity index (χ0v) is 19.3. The maximum absolute atomic E-state index is 13.1. The monoisotopic (exact) mass is 486 g/mol. The first-order valence-electron chi connectivity index (χ1n) is 10.3. The third-order valence-corrected chi connectivity index (χ3v) is 6.27. The molecule has 0 fully saturated rings. The number of guanidine groups is 1. The Morgan fingerprint density at radius 2 is 1.85 bits per heavy atom. The molecule has 11 nitrogen and oxygen atoms in total. The van der Waals surface area contributed by atoms with Gasteiger partial charge in [0.2, 0.25) is 21.9 Å². The minimum Gasteiger partial charge on any atom is -0.393 e. The molecule has 1 amide bonds. The van der Waals surface area contributed by atoms with E-state index in [2.05, 4.69) is 14.9 Å². The van der Waals surface area contributed by atoms with E-state index in [0.717, 1.165) is 10.8 Å². The van der Waals surface area contributed by atoms with E-state index in [0.29, 0.717) is 11.3 Å². The van der Waals surface area contributed by atoms with Crippen LogP contribution in [0.3, 0.4) is 0 Å². The topological polar surface area (TPSA) is 196 Å². The molecule has 1 aromatic heterocycles. The molecule has 1 heterocycles. The standard InChI is InChI=1S/C22H26N6O5S/c1-13-11-18(17(20(23)29)9-10-33-27-22(24)25)19(21(30)26-13)28-34(31,32)12-15-7-4-6-14-5-2-3-8-16(14)15/h2-8,11,17,28H,9-10,12H2,1H3,(H2,23,29)(H,26,30)(H4,24,25,27). The highest BCUT2D eigenvalue weighted by atomic mass is 32.2. The molecular weight excluding hydrogens is 460 g/mol. The first-order valence-corrected chi connectivity index (χ1v) is 11.9.